The highest BCUT2D eigenvalue weighted by Gasteiger charge is 2.03. The average Bonchev–Trinajstić information content (AvgIpc) is 2.16. The van der Waals surface area contributed by atoms with Crippen LogP contribution in [0.1, 0.15) is 13.8 Å². The Morgan fingerprint density at radius 3 is 2.69 bits per heavy atom. The van der Waals surface area contributed by atoms with Gasteiger partial charge in [-0.15, -0.1) is 0 Å². The molecule has 0 aromatic heterocycles. The van der Waals surface area contributed by atoms with Crippen LogP contribution in [-0.2, 0) is 0 Å². The topological polar surface area (TPSA) is 3.24 Å². The predicted molar refractivity (Wildman–Crippen MR) is 58.4 cm³/mol. The zero-order valence-corrected chi connectivity index (χ0v) is 8.67. The molecule has 0 saturated carbocycles. The molecular weight excluding hydrogens is 158 g/mol. The molecule has 0 fully saturated rings. The first-order valence-electron chi connectivity index (χ1n) is 4.54. The van der Waals surface area contributed by atoms with Gasteiger partial charge in [0.05, 0.1) is 0 Å². The van der Waals surface area contributed by atoms with Gasteiger partial charge in [0, 0.05) is 19.3 Å². The van der Waals surface area contributed by atoms with Crippen molar-refractivity contribution < 1.29 is 0 Å². The Kier molecular flexibility index (Phi) is 3.13. The molecule has 1 rings (SSSR count). The molecule has 1 heteroatoms. The van der Waals surface area contributed by atoms with Crippen LogP contribution in [0.5, 0.6) is 0 Å². The molecule has 0 spiro atoms. The third kappa shape index (κ3) is 2.35. The van der Waals surface area contributed by atoms with Gasteiger partial charge in [0.15, 0.2) is 0 Å². The van der Waals surface area contributed by atoms with Gasteiger partial charge in [0.1, 0.15) is 0 Å². The largest absolute Gasteiger partial charge is 0.374 e. The average molecular weight is 175 g/mol. The van der Waals surface area contributed by atoms with E-state index in [2.05, 4.69) is 50.6 Å². The summed E-state index contributed by atoms with van der Waals surface area (Å²) >= 11 is 0. The minimum atomic E-state index is 0.959. The van der Waals surface area contributed by atoms with Gasteiger partial charge in [-0.05, 0) is 25.0 Å². The second kappa shape index (κ2) is 4.13. The molecule has 70 valence electrons. The zero-order valence-electron chi connectivity index (χ0n) is 8.67. The predicted octanol–water partition coefficient (Wildman–Crippen LogP) is 2.89. The molecule has 13 heavy (non-hydrogen) atoms. The van der Waals surface area contributed by atoms with E-state index in [4.69, 9.17) is 0 Å². The van der Waals surface area contributed by atoms with E-state index in [9.17, 15) is 0 Å². The molecule has 1 aliphatic heterocycles. The zero-order chi connectivity index (χ0) is 9.84. The Hall–Kier alpha value is -1.24. The van der Waals surface area contributed by atoms with E-state index in [0.717, 1.165) is 12.1 Å². The lowest BCUT2D eigenvalue weighted by molar-refractivity contribution is 0.461. The van der Waals surface area contributed by atoms with Crippen molar-refractivity contribution in [2.45, 2.75) is 13.8 Å². The van der Waals surface area contributed by atoms with E-state index in [0.29, 0.717) is 0 Å². The highest BCUT2D eigenvalue weighted by molar-refractivity contribution is 5.40. The fraction of sp³-hybridized carbons (Fsp3) is 0.333. The summed E-state index contributed by atoms with van der Waals surface area (Å²) in [5, 5.41) is 0. The number of allylic oxidation sites excluding steroid dienone is 6. The van der Waals surface area contributed by atoms with Crippen LogP contribution in [0.4, 0.5) is 0 Å². The van der Waals surface area contributed by atoms with E-state index >= 15 is 0 Å². The van der Waals surface area contributed by atoms with Crippen LogP contribution in [0.25, 0.3) is 0 Å². The van der Waals surface area contributed by atoms with Gasteiger partial charge in [0.2, 0.25) is 0 Å². The number of rotatable bonds is 0. The third-order valence-electron chi connectivity index (χ3n) is 2.52. The van der Waals surface area contributed by atoms with Crippen LogP contribution in [-0.4, -0.2) is 18.5 Å². The summed E-state index contributed by atoms with van der Waals surface area (Å²) in [4.78, 5) is 2.23. The van der Waals surface area contributed by atoms with Crippen LogP contribution in [0.2, 0.25) is 0 Å². The van der Waals surface area contributed by atoms with Crippen molar-refractivity contribution in [1.29, 1.82) is 0 Å². The monoisotopic (exact) mass is 175 g/mol. The molecule has 0 aromatic rings. The van der Waals surface area contributed by atoms with Gasteiger partial charge in [0.25, 0.3) is 0 Å². The van der Waals surface area contributed by atoms with Gasteiger partial charge >= 0.3 is 0 Å². The van der Waals surface area contributed by atoms with Crippen molar-refractivity contribution >= 4 is 0 Å². The molecule has 0 aliphatic carbocycles. The molecule has 0 bridgehead atoms. The number of nitrogens with zero attached hydrogens (tertiary/aromatic N) is 1. The minimum absolute atomic E-state index is 0.959. The smallest absolute Gasteiger partial charge is 0.0356 e. The van der Waals surface area contributed by atoms with Crippen molar-refractivity contribution in [1.82, 2.24) is 4.90 Å². The van der Waals surface area contributed by atoms with Crippen molar-refractivity contribution in [3.63, 3.8) is 0 Å². The van der Waals surface area contributed by atoms with Crippen LogP contribution in [0.3, 0.4) is 0 Å². The molecule has 1 nitrogen and oxygen atoms in total. The molecular formula is C12H17N. The SMILES string of the molecule is C=C1/C=C\C=C/CN(C)/C(C)=C\1C. The summed E-state index contributed by atoms with van der Waals surface area (Å²) < 4.78 is 0. The van der Waals surface area contributed by atoms with Crippen LogP contribution in [0, 0.1) is 0 Å². The summed E-state index contributed by atoms with van der Waals surface area (Å²) in [5.41, 5.74) is 3.65. The van der Waals surface area contributed by atoms with Gasteiger partial charge in [-0.2, -0.15) is 0 Å². The van der Waals surface area contributed by atoms with Gasteiger partial charge in [-0.25, -0.2) is 0 Å². The second-order valence-electron chi connectivity index (χ2n) is 3.40. The van der Waals surface area contributed by atoms with Crippen molar-refractivity contribution in [3.05, 3.63) is 47.7 Å². The fourth-order valence-electron chi connectivity index (χ4n) is 1.25. The van der Waals surface area contributed by atoms with Crippen molar-refractivity contribution in [2.75, 3.05) is 13.6 Å². The van der Waals surface area contributed by atoms with E-state index in [1.54, 1.807) is 0 Å². The summed E-state index contributed by atoms with van der Waals surface area (Å²) in [5.74, 6) is 0. The highest BCUT2D eigenvalue weighted by atomic mass is 15.1. The molecule has 1 heterocycles. The summed E-state index contributed by atoms with van der Waals surface area (Å²) in [6.07, 6.45) is 8.30. The molecule has 0 unspecified atom stereocenters. The van der Waals surface area contributed by atoms with Gasteiger partial charge in [-0.1, -0.05) is 30.9 Å². The molecule has 0 amide bonds. The van der Waals surface area contributed by atoms with E-state index < -0.39 is 0 Å². The van der Waals surface area contributed by atoms with Crippen LogP contribution < -0.4 is 0 Å². The van der Waals surface area contributed by atoms with Crippen LogP contribution >= 0.6 is 0 Å². The van der Waals surface area contributed by atoms with Gasteiger partial charge < -0.3 is 4.90 Å². The lowest BCUT2D eigenvalue weighted by Gasteiger charge is -2.20. The maximum absolute atomic E-state index is 4.02. The second-order valence-corrected chi connectivity index (χ2v) is 3.40. The minimum Gasteiger partial charge on any atom is -0.374 e. The first-order chi connectivity index (χ1) is 6.13. The summed E-state index contributed by atoms with van der Waals surface area (Å²) in [6, 6.07) is 0. The van der Waals surface area contributed by atoms with Crippen LogP contribution in [0.15, 0.2) is 47.7 Å². The quantitative estimate of drug-likeness (QED) is 0.547. The Bertz CT molecular complexity index is 292. The Labute approximate surface area is 80.7 Å². The molecule has 0 N–H and O–H groups in total. The van der Waals surface area contributed by atoms with Gasteiger partial charge in [-0.3, -0.25) is 0 Å². The Balaban J connectivity index is 3.04. The number of hydrogen-bond donors (Lipinski definition) is 0. The molecule has 0 aromatic carbocycles. The summed E-state index contributed by atoms with van der Waals surface area (Å²) in [7, 11) is 2.10. The maximum atomic E-state index is 4.02. The molecule has 0 saturated heterocycles. The summed E-state index contributed by atoms with van der Waals surface area (Å²) in [6.45, 7) is 9.22. The van der Waals surface area contributed by atoms with Crippen molar-refractivity contribution in [3.8, 4) is 0 Å². The lowest BCUT2D eigenvalue weighted by atomic mass is 10.1. The van der Waals surface area contributed by atoms with E-state index in [-0.39, 0.29) is 0 Å². The lowest BCUT2D eigenvalue weighted by Crippen LogP contribution is -2.17. The first-order valence-corrected chi connectivity index (χ1v) is 4.54. The Morgan fingerprint density at radius 1 is 1.31 bits per heavy atom. The van der Waals surface area contributed by atoms with E-state index in [1.165, 1.54) is 11.3 Å². The number of likely N-dealkylation sites (N-methyl/N-ethyl adjacent to an activating group) is 1. The third-order valence-corrected chi connectivity index (χ3v) is 2.52. The Morgan fingerprint density at radius 2 is 2.00 bits per heavy atom. The first kappa shape index (κ1) is 9.85. The normalized spacial score (nSPS) is 29.2. The molecule has 1 aliphatic rings. The molecule has 0 radical (unpaired) electrons. The number of hydrogen-bond acceptors (Lipinski definition) is 1. The fourth-order valence-corrected chi connectivity index (χ4v) is 1.25. The van der Waals surface area contributed by atoms with Crippen molar-refractivity contribution in [2.24, 2.45) is 0 Å². The standard InChI is InChI=1S/C12H17N/c1-10-8-6-5-7-9-13(4)12(3)11(10)2/h5-8H,1,9H2,2-4H3/b7-5-,8-6-,12-11-. The highest BCUT2D eigenvalue weighted by Crippen LogP contribution is 2.17. The maximum Gasteiger partial charge on any atom is 0.0356 e. The van der Waals surface area contributed by atoms with E-state index in [1.807, 2.05) is 6.08 Å². The molecule has 0 atom stereocenters.